The molecule has 0 aliphatic heterocycles. The number of hydrogen-bond donors (Lipinski definition) is 2. The minimum absolute atomic E-state index is 0.0660. The molecule has 0 unspecified atom stereocenters. The highest BCUT2D eigenvalue weighted by Gasteiger charge is 2.30. The minimum atomic E-state index is -4.45. The summed E-state index contributed by atoms with van der Waals surface area (Å²) in [7, 11) is 0. The Kier molecular flexibility index (Phi) is 8.22. The topological polar surface area (TPSA) is 93.5 Å². The van der Waals surface area contributed by atoms with E-state index in [1.54, 1.807) is 26.0 Å². The van der Waals surface area contributed by atoms with Gasteiger partial charge in [-0.1, -0.05) is 13.8 Å². The van der Waals surface area contributed by atoms with Crippen molar-refractivity contribution in [2.24, 2.45) is 0 Å². The monoisotopic (exact) mass is 463 g/mol. The average molecular weight is 463 g/mol. The lowest BCUT2D eigenvalue weighted by Crippen LogP contribution is -2.22. The number of aryl methyl sites for hydroxylation is 2. The maximum absolute atomic E-state index is 12.9. The molecular weight excluding hydrogens is 439 g/mol. The molecule has 0 aliphatic carbocycles. The first-order valence-electron chi connectivity index (χ1n) is 10.0. The van der Waals surface area contributed by atoms with Crippen molar-refractivity contribution >= 4 is 17.5 Å². The summed E-state index contributed by atoms with van der Waals surface area (Å²) < 4.78 is 44.7. The molecule has 0 saturated carbocycles. The van der Waals surface area contributed by atoms with Crippen molar-refractivity contribution in [3.8, 4) is 11.4 Å². The number of anilines is 2. The molecule has 33 heavy (non-hydrogen) atoms. The van der Waals surface area contributed by atoms with Gasteiger partial charge < -0.3 is 15.2 Å². The molecule has 10 heteroatoms. The molecule has 3 rings (SSSR count). The summed E-state index contributed by atoms with van der Waals surface area (Å²) in [5.41, 5.74) is 0.739. The van der Waals surface area contributed by atoms with Crippen LogP contribution >= 0.6 is 0 Å². The van der Waals surface area contributed by atoms with Gasteiger partial charge in [-0.15, -0.1) is 0 Å². The first-order valence-corrected chi connectivity index (χ1v) is 10.0. The number of carbonyl (C=O) groups is 1. The molecule has 0 radical (unpaired) electrons. The number of ether oxygens (including phenoxy) is 1. The maximum atomic E-state index is 12.9. The molecule has 0 amide bonds. The number of benzene rings is 2. The number of carboxylic acids is 1. The van der Waals surface area contributed by atoms with Crippen molar-refractivity contribution in [2.75, 3.05) is 11.9 Å². The SMILES string of the molecule is CC.Cc1cc(-n2ccnc(Nc3ccc(C(F)(F)F)cc3)c2=O)cc(C)c1OCC(=O)O. The molecule has 1 heterocycles. The van der Waals surface area contributed by atoms with Crippen LogP contribution in [-0.4, -0.2) is 27.2 Å². The number of halogens is 3. The highest BCUT2D eigenvalue weighted by atomic mass is 19.4. The average Bonchev–Trinajstić information content (AvgIpc) is 2.75. The second kappa shape index (κ2) is 10.7. The third kappa shape index (κ3) is 6.34. The number of alkyl halides is 3. The number of carboxylic acid groups (broad SMARTS) is 1. The third-order valence-electron chi connectivity index (χ3n) is 4.38. The second-order valence-electron chi connectivity index (χ2n) is 6.74. The number of aliphatic carboxylic acids is 1. The smallest absolute Gasteiger partial charge is 0.416 e. The number of rotatable bonds is 6. The van der Waals surface area contributed by atoms with E-state index >= 15 is 0 Å². The van der Waals surface area contributed by atoms with E-state index in [2.05, 4.69) is 10.3 Å². The summed E-state index contributed by atoms with van der Waals surface area (Å²) in [6, 6.07) is 7.56. The van der Waals surface area contributed by atoms with E-state index in [-0.39, 0.29) is 11.5 Å². The Morgan fingerprint density at radius 2 is 1.70 bits per heavy atom. The van der Waals surface area contributed by atoms with Gasteiger partial charge in [0, 0.05) is 23.8 Å². The Morgan fingerprint density at radius 3 is 2.21 bits per heavy atom. The van der Waals surface area contributed by atoms with Gasteiger partial charge in [-0.2, -0.15) is 13.2 Å². The zero-order chi connectivity index (χ0) is 24.8. The van der Waals surface area contributed by atoms with E-state index in [9.17, 15) is 22.8 Å². The van der Waals surface area contributed by atoms with Gasteiger partial charge in [-0.3, -0.25) is 9.36 Å². The fraction of sp³-hybridized carbons (Fsp3) is 0.261. The van der Waals surface area contributed by atoms with Crippen LogP contribution in [0.3, 0.4) is 0 Å². The molecule has 176 valence electrons. The van der Waals surface area contributed by atoms with Crippen LogP contribution in [0.25, 0.3) is 5.69 Å². The summed E-state index contributed by atoms with van der Waals surface area (Å²) in [5, 5.41) is 11.5. The Labute approximate surface area is 188 Å². The molecule has 0 saturated heterocycles. The van der Waals surface area contributed by atoms with Crippen LogP contribution in [0.1, 0.15) is 30.5 Å². The Bertz CT molecular complexity index is 1150. The molecular formula is C23H24F3N3O4. The largest absolute Gasteiger partial charge is 0.481 e. The number of nitrogens with zero attached hydrogens (tertiary/aromatic N) is 2. The van der Waals surface area contributed by atoms with Crippen LogP contribution in [0.2, 0.25) is 0 Å². The normalized spacial score (nSPS) is 10.8. The summed E-state index contributed by atoms with van der Waals surface area (Å²) in [6.45, 7) is 6.96. The standard InChI is InChI=1S/C21H18F3N3O4.C2H6/c1-12-9-16(10-13(2)18(12)31-11-17(28)29)27-8-7-25-19(20(27)30)26-15-5-3-14(4-6-15)21(22,23)24;1-2/h3-10H,11H2,1-2H3,(H,25,26)(H,28,29);1-2H3. The van der Waals surface area contributed by atoms with E-state index in [1.807, 2.05) is 13.8 Å². The molecule has 0 fully saturated rings. The van der Waals surface area contributed by atoms with Crippen LogP contribution < -0.4 is 15.6 Å². The van der Waals surface area contributed by atoms with Crippen molar-refractivity contribution in [3.63, 3.8) is 0 Å². The van der Waals surface area contributed by atoms with Crippen LogP contribution in [0.15, 0.2) is 53.6 Å². The molecule has 1 aromatic heterocycles. The number of nitrogens with one attached hydrogen (secondary N) is 1. The predicted octanol–water partition coefficient (Wildman–Crippen LogP) is 5.10. The van der Waals surface area contributed by atoms with Gasteiger partial charge in [0.15, 0.2) is 12.4 Å². The van der Waals surface area contributed by atoms with Crippen molar-refractivity contribution < 1.29 is 27.8 Å². The second-order valence-corrected chi connectivity index (χ2v) is 6.74. The van der Waals surface area contributed by atoms with Crippen molar-refractivity contribution in [3.05, 3.63) is 75.8 Å². The summed E-state index contributed by atoms with van der Waals surface area (Å²) in [6.07, 6.45) is -1.62. The van der Waals surface area contributed by atoms with Gasteiger partial charge in [0.05, 0.1) is 5.56 Å². The molecule has 3 aromatic rings. The van der Waals surface area contributed by atoms with Gasteiger partial charge in [0.2, 0.25) is 0 Å². The van der Waals surface area contributed by atoms with Gasteiger partial charge in [0.25, 0.3) is 5.56 Å². The highest BCUT2D eigenvalue weighted by Crippen LogP contribution is 2.30. The Hall–Kier alpha value is -3.82. The fourth-order valence-corrected chi connectivity index (χ4v) is 3.01. The van der Waals surface area contributed by atoms with E-state index in [0.29, 0.717) is 22.6 Å². The fourth-order valence-electron chi connectivity index (χ4n) is 3.01. The zero-order valence-corrected chi connectivity index (χ0v) is 18.5. The summed E-state index contributed by atoms with van der Waals surface area (Å²) in [4.78, 5) is 27.6. The molecule has 2 N–H and O–H groups in total. The van der Waals surface area contributed by atoms with Crippen LogP contribution in [0.5, 0.6) is 5.75 Å². The van der Waals surface area contributed by atoms with Crippen LogP contribution in [0.4, 0.5) is 24.7 Å². The molecule has 0 bridgehead atoms. The van der Waals surface area contributed by atoms with E-state index in [1.165, 1.54) is 29.1 Å². The van der Waals surface area contributed by atoms with Crippen molar-refractivity contribution in [1.82, 2.24) is 9.55 Å². The molecule has 0 aliphatic rings. The lowest BCUT2D eigenvalue weighted by atomic mass is 10.1. The molecule has 0 spiro atoms. The number of aromatic nitrogens is 2. The Morgan fingerprint density at radius 1 is 1.12 bits per heavy atom. The molecule has 0 atom stereocenters. The zero-order valence-electron chi connectivity index (χ0n) is 18.5. The highest BCUT2D eigenvalue weighted by molar-refractivity contribution is 5.68. The van der Waals surface area contributed by atoms with E-state index in [4.69, 9.17) is 9.84 Å². The van der Waals surface area contributed by atoms with Gasteiger partial charge in [0.1, 0.15) is 5.75 Å². The minimum Gasteiger partial charge on any atom is -0.481 e. The molecule has 2 aromatic carbocycles. The lowest BCUT2D eigenvalue weighted by Gasteiger charge is -2.15. The van der Waals surface area contributed by atoms with Crippen LogP contribution in [0, 0.1) is 13.8 Å². The van der Waals surface area contributed by atoms with Gasteiger partial charge >= 0.3 is 12.1 Å². The van der Waals surface area contributed by atoms with E-state index < -0.39 is 29.9 Å². The van der Waals surface area contributed by atoms with Gasteiger partial charge in [-0.25, -0.2) is 9.78 Å². The van der Waals surface area contributed by atoms with Gasteiger partial charge in [-0.05, 0) is 61.4 Å². The lowest BCUT2D eigenvalue weighted by molar-refractivity contribution is -0.139. The van der Waals surface area contributed by atoms with E-state index in [0.717, 1.165) is 12.1 Å². The predicted molar refractivity (Wildman–Crippen MR) is 119 cm³/mol. The summed E-state index contributed by atoms with van der Waals surface area (Å²) >= 11 is 0. The third-order valence-corrected chi connectivity index (χ3v) is 4.38. The Balaban J connectivity index is 0.00000187. The first kappa shape index (κ1) is 25.4. The summed E-state index contributed by atoms with van der Waals surface area (Å²) in [5.74, 6) is -0.757. The first-order chi connectivity index (χ1) is 15.6. The maximum Gasteiger partial charge on any atom is 0.416 e. The number of hydrogen-bond acceptors (Lipinski definition) is 5. The van der Waals surface area contributed by atoms with Crippen LogP contribution in [-0.2, 0) is 11.0 Å². The van der Waals surface area contributed by atoms with Crippen molar-refractivity contribution in [2.45, 2.75) is 33.9 Å². The van der Waals surface area contributed by atoms with Crippen molar-refractivity contribution in [1.29, 1.82) is 0 Å². The molecule has 7 nitrogen and oxygen atoms in total. The quantitative estimate of drug-likeness (QED) is 0.528.